The quantitative estimate of drug-likeness (QED) is 0.795. The van der Waals surface area contributed by atoms with E-state index < -0.39 is 0 Å². The van der Waals surface area contributed by atoms with E-state index in [2.05, 4.69) is 10.2 Å². The maximum Gasteiger partial charge on any atom is 0.238 e. The third-order valence-electron chi connectivity index (χ3n) is 6.14. The van der Waals surface area contributed by atoms with Gasteiger partial charge in [0, 0.05) is 36.9 Å². The number of rotatable bonds is 7. The SMILES string of the molecule is O=C(CN(CC1CCCCC1)C1CC1)Nc1cccc(N2CCCC2=O)c1. The fraction of sp³-hybridized carbons (Fsp3) is 0.636. The van der Waals surface area contributed by atoms with Crippen molar-refractivity contribution in [2.45, 2.75) is 63.8 Å². The molecule has 0 unspecified atom stereocenters. The van der Waals surface area contributed by atoms with Crippen LogP contribution in [0.3, 0.4) is 0 Å². The Balaban J connectivity index is 1.34. The maximum absolute atomic E-state index is 12.7. The van der Waals surface area contributed by atoms with Crippen LogP contribution >= 0.6 is 0 Å². The third-order valence-corrected chi connectivity index (χ3v) is 6.14. The van der Waals surface area contributed by atoms with Crippen LogP contribution in [0.15, 0.2) is 24.3 Å². The molecule has 4 rings (SSSR count). The van der Waals surface area contributed by atoms with Crippen molar-refractivity contribution < 1.29 is 9.59 Å². The van der Waals surface area contributed by atoms with E-state index in [0.717, 1.165) is 36.8 Å². The molecule has 1 saturated heterocycles. The van der Waals surface area contributed by atoms with E-state index in [1.54, 1.807) is 0 Å². The topological polar surface area (TPSA) is 52.7 Å². The normalized spacial score (nSPS) is 21.1. The second-order valence-corrected chi connectivity index (χ2v) is 8.41. The van der Waals surface area contributed by atoms with Crippen LogP contribution in [0.1, 0.15) is 57.8 Å². The van der Waals surface area contributed by atoms with Crippen molar-refractivity contribution in [3.8, 4) is 0 Å². The summed E-state index contributed by atoms with van der Waals surface area (Å²) >= 11 is 0. The van der Waals surface area contributed by atoms with Gasteiger partial charge in [-0.3, -0.25) is 14.5 Å². The number of hydrogen-bond donors (Lipinski definition) is 1. The van der Waals surface area contributed by atoms with Gasteiger partial charge in [-0.2, -0.15) is 0 Å². The minimum atomic E-state index is 0.0580. The van der Waals surface area contributed by atoms with Gasteiger partial charge in [0.1, 0.15) is 0 Å². The fourth-order valence-electron chi connectivity index (χ4n) is 4.54. The Kier molecular flexibility index (Phi) is 5.77. The minimum absolute atomic E-state index is 0.0580. The van der Waals surface area contributed by atoms with E-state index in [1.807, 2.05) is 29.2 Å². The molecular weight excluding hydrogens is 338 g/mol. The molecule has 3 aliphatic rings. The zero-order chi connectivity index (χ0) is 18.6. The van der Waals surface area contributed by atoms with Crippen LogP contribution in [0, 0.1) is 5.92 Å². The first kappa shape index (κ1) is 18.5. The number of nitrogens with zero attached hydrogens (tertiary/aromatic N) is 2. The molecule has 2 aliphatic carbocycles. The summed E-state index contributed by atoms with van der Waals surface area (Å²) in [6.07, 6.45) is 10.7. The molecule has 27 heavy (non-hydrogen) atoms. The van der Waals surface area contributed by atoms with Gasteiger partial charge in [-0.05, 0) is 56.2 Å². The van der Waals surface area contributed by atoms with Crippen molar-refractivity contribution in [1.82, 2.24) is 4.90 Å². The Morgan fingerprint density at radius 3 is 2.63 bits per heavy atom. The second-order valence-electron chi connectivity index (χ2n) is 8.41. The van der Waals surface area contributed by atoms with Gasteiger partial charge in [0.2, 0.25) is 11.8 Å². The lowest BCUT2D eigenvalue weighted by Gasteiger charge is -2.29. The first-order valence-electron chi connectivity index (χ1n) is 10.6. The van der Waals surface area contributed by atoms with E-state index in [-0.39, 0.29) is 11.8 Å². The lowest BCUT2D eigenvalue weighted by molar-refractivity contribution is -0.118. The van der Waals surface area contributed by atoms with Gasteiger partial charge in [0.05, 0.1) is 6.54 Å². The smallest absolute Gasteiger partial charge is 0.238 e. The maximum atomic E-state index is 12.7. The predicted octanol–water partition coefficient (Wildman–Crippen LogP) is 3.80. The largest absolute Gasteiger partial charge is 0.325 e. The van der Waals surface area contributed by atoms with Crippen molar-refractivity contribution in [3.05, 3.63) is 24.3 Å². The summed E-state index contributed by atoms with van der Waals surface area (Å²) in [6.45, 7) is 2.32. The molecule has 0 aromatic heterocycles. The molecule has 1 aliphatic heterocycles. The van der Waals surface area contributed by atoms with Gasteiger partial charge in [0.15, 0.2) is 0 Å². The summed E-state index contributed by atoms with van der Waals surface area (Å²) in [6, 6.07) is 8.29. The summed E-state index contributed by atoms with van der Waals surface area (Å²) in [7, 11) is 0. The molecule has 1 N–H and O–H groups in total. The molecule has 0 atom stereocenters. The molecular formula is C22H31N3O2. The number of carbonyl (C=O) groups is 2. The van der Waals surface area contributed by atoms with E-state index >= 15 is 0 Å². The Morgan fingerprint density at radius 1 is 1.11 bits per heavy atom. The standard InChI is InChI=1S/C22H31N3O2/c26-21(16-24(19-11-12-19)15-17-6-2-1-3-7-17)23-18-8-4-9-20(14-18)25-13-5-10-22(25)27/h4,8-9,14,17,19H,1-3,5-7,10-13,15-16H2,(H,23,26). The Bertz CT molecular complexity index is 680. The fourth-order valence-corrected chi connectivity index (χ4v) is 4.54. The lowest BCUT2D eigenvalue weighted by Crippen LogP contribution is -2.38. The highest BCUT2D eigenvalue weighted by atomic mass is 16.2. The van der Waals surface area contributed by atoms with Crippen LogP contribution in [0.2, 0.25) is 0 Å². The van der Waals surface area contributed by atoms with E-state index in [0.29, 0.717) is 19.0 Å². The Labute approximate surface area is 162 Å². The predicted molar refractivity (Wildman–Crippen MR) is 108 cm³/mol. The number of anilines is 2. The highest BCUT2D eigenvalue weighted by molar-refractivity contribution is 5.97. The summed E-state index contributed by atoms with van der Waals surface area (Å²) in [5, 5.41) is 3.05. The molecule has 3 fully saturated rings. The number of benzene rings is 1. The van der Waals surface area contributed by atoms with E-state index in [4.69, 9.17) is 0 Å². The highest BCUT2D eigenvalue weighted by Crippen LogP contribution is 2.31. The average molecular weight is 370 g/mol. The molecule has 2 amide bonds. The van der Waals surface area contributed by atoms with Gasteiger partial charge >= 0.3 is 0 Å². The first-order valence-corrected chi connectivity index (χ1v) is 10.6. The van der Waals surface area contributed by atoms with Gasteiger partial charge in [0.25, 0.3) is 0 Å². The molecule has 2 saturated carbocycles. The molecule has 1 aromatic carbocycles. The van der Waals surface area contributed by atoms with Crippen LogP contribution in [0.25, 0.3) is 0 Å². The molecule has 5 heteroatoms. The molecule has 1 aromatic rings. The van der Waals surface area contributed by atoms with Crippen molar-refractivity contribution in [2.75, 3.05) is 29.9 Å². The van der Waals surface area contributed by atoms with Crippen LogP contribution in [0.5, 0.6) is 0 Å². The Morgan fingerprint density at radius 2 is 1.93 bits per heavy atom. The molecule has 0 bridgehead atoms. The van der Waals surface area contributed by atoms with Crippen LogP contribution in [0.4, 0.5) is 11.4 Å². The van der Waals surface area contributed by atoms with Crippen molar-refractivity contribution in [1.29, 1.82) is 0 Å². The van der Waals surface area contributed by atoms with Gasteiger partial charge in [-0.25, -0.2) is 0 Å². The highest BCUT2D eigenvalue weighted by Gasteiger charge is 2.32. The summed E-state index contributed by atoms with van der Waals surface area (Å²) < 4.78 is 0. The van der Waals surface area contributed by atoms with Crippen LogP contribution in [-0.4, -0.2) is 42.4 Å². The zero-order valence-corrected chi connectivity index (χ0v) is 16.2. The summed E-state index contributed by atoms with van der Waals surface area (Å²) in [5.74, 6) is 0.991. The van der Waals surface area contributed by atoms with E-state index in [9.17, 15) is 9.59 Å². The summed E-state index contributed by atoms with van der Waals surface area (Å²) in [4.78, 5) is 28.8. The zero-order valence-electron chi connectivity index (χ0n) is 16.2. The van der Waals surface area contributed by atoms with Crippen molar-refractivity contribution in [3.63, 3.8) is 0 Å². The lowest BCUT2D eigenvalue weighted by atomic mass is 9.89. The third kappa shape index (κ3) is 4.89. The van der Waals surface area contributed by atoms with Gasteiger partial charge in [-0.1, -0.05) is 25.3 Å². The number of nitrogens with one attached hydrogen (secondary N) is 1. The molecule has 0 spiro atoms. The minimum Gasteiger partial charge on any atom is -0.325 e. The molecule has 146 valence electrons. The van der Waals surface area contributed by atoms with E-state index in [1.165, 1.54) is 44.9 Å². The molecule has 5 nitrogen and oxygen atoms in total. The van der Waals surface area contributed by atoms with Crippen molar-refractivity contribution in [2.24, 2.45) is 5.92 Å². The van der Waals surface area contributed by atoms with Gasteiger partial charge in [-0.15, -0.1) is 0 Å². The van der Waals surface area contributed by atoms with Crippen molar-refractivity contribution >= 4 is 23.2 Å². The second kappa shape index (κ2) is 8.42. The number of carbonyl (C=O) groups excluding carboxylic acids is 2. The summed E-state index contributed by atoms with van der Waals surface area (Å²) in [5.41, 5.74) is 1.67. The number of amides is 2. The Hall–Kier alpha value is -1.88. The van der Waals surface area contributed by atoms with Gasteiger partial charge < -0.3 is 10.2 Å². The first-order chi connectivity index (χ1) is 13.2. The number of hydrogen-bond acceptors (Lipinski definition) is 3. The monoisotopic (exact) mass is 369 g/mol. The van der Waals surface area contributed by atoms with Crippen LogP contribution in [-0.2, 0) is 9.59 Å². The molecule has 1 heterocycles. The van der Waals surface area contributed by atoms with Crippen LogP contribution < -0.4 is 10.2 Å². The average Bonchev–Trinajstić information content (AvgIpc) is 3.43. The molecule has 0 radical (unpaired) electrons.